The lowest BCUT2D eigenvalue weighted by molar-refractivity contribution is 0.545. The highest BCUT2D eigenvalue weighted by molar-refractivity contribution is 7.82. The first-order valence-electron chi connectivity index (χ1n) is 6.09. The molecular formula is C8H28N9P3. The topological polar surface area (TPSA) is 102 Å². The van der Waals surface area contributed by atoms with Crippen molar-refractivity contribution >= 4 is 22.5 Å². The predicted molar refractivity (Wildman–Crippen MR) is 91.2 cm³/mol. The summed E-state index contributed by atoms with van der Waals surface area (Å²) in [5, 5.41) is 0. The summed E-state index contributed by atoms with van der Waals surface area (Å²) in [5.41, 5.74) is 12.4. The van der Waals surface area contributed by atoms with E-state index in [2.05, 4.69) is 9.03 Å². The van der Waals surface area contributed by atoms with E-state index in [1.165, 1.54) is 0 Å². The first-order valence-corrected chi connectivity index (χ1v) is 11.1. The van der Waals surface area contributed by atoms with Crippen LogP contribution in [0.15, 0.2) is 13.5 Å². The molecule has 0 fully saturated rings. The van der Waals surface area contributed by atoms with E-state index in [1.807, 2.05) is 75.1 Å². The summed E-state index contributed by atoms with van der Waals surface area (Å²) in [4.78, 5) is 0. The molecule has 0 spiro atoms. The van der Waals surface area contributed by atoms with E-state index in [0.717, 1.165) is 0 Å². The zero-order valence-corrected chi connectivity index (χ0v) is 16.3. The van der Waals surface area contributed by atoms with Crippen molar-refractivity contribution in [3.8, 4) is 0 Å². The van der Waals surface area contributed by atoms with Crippen molar-refractivity contribution in [2.24, 2.45) is 24.6 Å². The predicted octanol–water partition coefficient (Wildman–Crippen LogP) is 2.00. The number of hydrogen-bond acceptors (Lipinski definition) is 9. The zero-order chi connectivity index (χ0) is 15.9. The molecule has 0 saturated carbocycles. The standard InChI is InChI=1S/C8H28N9P3/c1-14(2)19(15(3)4)11-18(9,10)12-20(13-19,16(5)6)17(7)8/h9-10H2,1-8H3. The fourth-order valence-corrected chi connectivity index (χ4v) is 14.3. The highest BCUT2D eigenvalue weighted by atomic mass is 31.3. The van der Waals surface area contributed by atoms with Crippen LogP contribution >= 0.6 is 22.5 Å². The van der Waals surface area contributed by atoms with Gasteiger partial charge in [-0.05, 0) is 56.4 Å². The van der Waals surface area contributed by atoms with Crippen LogP contribution in [-0.2, 0) is 0 Å². The number of nitrogens with zero attached hydrogens (tertiary/aromatic N) is 7. The van der Waals surface area contributed by atoms with E-state index in [-0.39, 0.29) is 0 Å². The first-order chi connectivity index (χ1) is 8.89. The van der Waals surface area contributed by atoms with Gasteiger partial charge in [-0.25, -0.2) is 18.7 Å². The minimum atomic E-state index is -2.71. The molecule has 9 nitrogen and oxygen atoms in total. The first kappa shape index (κ1) is 18.5. The van der Waals surface area contributed by atoms with E-state index in [4.69, 9.17) is 15.5 Å². The molecule has 4 N–H and O–H groups in total. The Kier molecular flexibility index (Phi) is 5.47. The molecule has 0 atom stereocenters. The minimum Gasteiger partial charge on any atom is -0.267 e. The van der Waals surface area contributed by atoms with Gasteiger partial charge in [0.2, 0.25) is 22.5 Å². The molecule has 120 valence electrons. The molecule has 0 aliphatic carbocycles. The Bertz CT molecular complexity index is 484. The maximum Gasteiger partial charge on any atom is 0.220 e. The SMILES string of the molecule is CN(C)P1(N(C)C)=NP(N)(N)=NP(N(C)C)(N(C)C)=N1. The summed E-state index contributed by atoms with van der Waals surface area (Å²) < 4.78 is 22.6. The third kappa shape index (κ3) is 3.12. The Balaban J connectivity index is 3.87. The zero-order valence-electron chi connectivity index (χ0n) is 13.6. The largest absolute Gasteiger partial charge is 0.267 e. The van der Waals surface area contributed by atoms with Crippen LogP contribution in [0.3, 0.4) is 0 Å². The lowest BCUT2D eigenvalue weighted by Crippen LogP contribution is -2.27. The van der Waals surface area contributed by atoms with Crippen molar-refractivity contribution in [2.75, 3.05) is 56.4 Å². The second-order valence-electron chi connectivity index (χ2n) is 5.43. The van der Waals surface area contributed by atoms with Crippen molar-refractivity contribution in [3.63, 3.8) is 0 Å². The van der Waals surface area contributed by atoms with E-state index in [1.54, 1.807) is 0 Å². The van der Waals surface area contributed by atoms with Gasteiger partial charge in [-0.2, -0.15) is 13.5 Å². The number of hydrogen-bond donors (Lipinski definition) is 2. The summed E-state index contributed by atoms with van der Waals surface area (Å²) in [6.45, 7) is 0. The van der Waals surface area contributed by atoms with Gasteiger partial charge in [0.25, 0.3) is 0 Å². The van der Waals surface area contributed by atoms with E-state index < -0.39 is 22.5 Å². The Labute approximate surface area is 122 Å². The summed E-state index contributed by atoms with van der Waals surface area (Å²) in [6, 6.07) is 0. The molecule has 12 heteroatoms. The van der Waals surface area contributed by atoms with Gasteiger partial charge in [0.05, 0.1) is 0 Å². The molecule has 1 rings (SSSR count). The van der Waals surface area contributed by atoms with Gasteiger partial charge in [-0.1, -0.05) is 0 Å². The monoisotopic (exact) mass is 343 g/mol. The van der Waals surface area contributed by atoms with Gasteiger partial charge in [-0.3, -0.25) is 11.0 Å². The van der Waals surface area contributed by atoms with Crippen molar-refractivity contribution in [3.05, 3.63) is 0 Å². The maximum atomic E-state index is 6.22. The van der Waals surface area contributed by atoms with Gasteiger partial charge >= 0.3 is 0 Å². The molecule has 0 unspecified atom stereocenters. The van der Waals surface area contributed by atoms with Crippen molar-refractivity contribution < 1.29 is 0 Å². The summed E-state index contributed by atoms with van der Waals surface area (Å²) in [7, 11) is 8.41. The Morgan fingerprint density at radius 3 is 1.15 bits per heavy atom. The van der Waals surface area contributed by atoms with Crippen LogP contribution in [0.1, 0.15) is 0 Å². The third-order valence-corrected chi connectivity index (χ3v) is 13.3. The summed E-state index contributed by atoms with van der Waals surface area (Å²) in [6.07, 6.45) is 0. The highest BCUT2D eigenvalue weighted by Crippen LogP contribution is 2.76. The van der Waals surface area contributed by atoms with Crippen LogP contribution in [0.4, 0.5) is 0 Å². The van der Waals surface area contributed by atoms with Gasteiger partial charge in [0, 0.05) is 0 Å². The van der Waals surface area contributed by atoms with E-state index in [0.29, 0.717) is 0 Å². The highest BCUT2D eigenvalue weighted by Gasteiger charge is 2.39. The quantitative estimate of drug-likeness (QED) is 0.757. The minimum absolute atomic E-state index is 1.96. The molecule has 1 aliphatic rings. The van der Waals surface area contributed by atoms with Crippen LogP contribution in [0, 0.1) is 0 Å². The van der Waals surface area contributed by atoms with Crippen LogP contribution in [0.25, 0.3) is 0 Å². The molecule has 0 radical (unpaired) electrons. The normalized spacial score (nSPS) is 23.7. The van der Waals surface area contributed by atoms with Crippen LogP contribution in [0.2, 0.25) is 0 Å². The summed E-state index contributed by atoms with van der Waals surface area (Å²) >= 11 is 0. The number of rotatable bonds is 4. The van der Waals surface area contributed by atoms with Gasteiger partial charge in [0.15, 0.2) is 0 Å². The molecule has 0 amide bonds. The molecular weight excluding hydrogens is 315 g/mol. The lowest BCUT2D eigenvalue weighted by Gasteiger charge is -2.43. The molecule has 1 heterocycles. The molecule has 1 aliphatic heterocycles. The van der Waals surface area contributed by atoms with E-state index in [9.17, 15) is 0 Å². The average molecular weight is 343 g/mol. The Morgan fingerprint density at radius 2 is 0.850 bits per heavy atom. The fraction of sp³-hybridized carbons (Fsp3) is 1.00. The molecule has 20 heavy (non-hydrogen) atoms. The van der Waals surface area contributed by atoms with Gasteiger partial charge in [0.1, 0.15) is 0 Å². The number of nitrogens with two attached hydrogens (primary N) is 2. The third-order valence-electron chi connectivity index (χ3n) is 2.91. The average Bonchev–Trinajstić information content (AvgIpc) is 2.25. The van der Waals surface area contributed by atoms with Crippen LogP contribution < -0.4 is 11.0 Å². The van der Waals surface area contributed by atoms with E-state index >= 15 is 0 Å². The second-order valence-corrected chi connectivity index (χ2v) is 14.3. The summed E-state index contributed by atoms with van der Waals surface area (Å²) in [5.74, 6) is 0. The molecule has 0 aromatic carbocycles. The lowest BCUT2D eigenvalue weighted by atomic mass is 11.3. The molecule has 0 saturated heterocycles. The van der Waals surface area contributed by atoms with Gasteiger partial charge < -0.3 is 0 Å². The molecule has 0 bridgehead atoms. The van der Waals surface area contributed by atoms with Crippen LogP contribution in [0.5, 0.6) is 0 Å². The Morgan fingerprint density at radius 1 is 0.550 bits per heavy atom. The molecule has 0 aromatic rings. The van der Waals surface area contributed by atoms with Crippen molar-refractivity contribution in [1.29, 1.82) is 0 Å². The smallest absolute Gasteiger partial charge is 0.220 e. The van der Waals surface area contributed by atoms with Crippen LogP contribution in [-0.4, -0.2) is 75.1 Å². The van der Waals surface area contributed by atoms with Crippen molar-refractivity contribution in [1.82, 2.24) is 18.7 Å². The van der Waals surface area contributed by atoms with Gasteiger partial charge in [-0.15, -0.1) is 0 Å². The molecule has 0 aromatic heterocycles. The fourth-order valence-electron chi connectivity index (χ4n) is 1.95. The second kappa shape index (κ2) is 5.92. The van der Waals surface area contributed by atoms with Crippen molar-refractivity contribution in [2.45, 2.75) is 0 Å². The Hall–Kier alpha value is 0.450. The maximum absolute atomic E-state index is 6.22.